The number of aryl methyl sites for hydroxylation is 1. The molecule has 2 N–H and O–H groups in total. The quantitative estimate of drug-likeness (QED) is 0.745. The molecule has 0 aliphatic carbocycles. The Morgan fingerprint density at radius 2 is 1.96 bits per heavy atom. The molecule has 0 atom stereocenters. The summed E-state index contributed by atoms with van der Waals surface area (Å²) in [7, 11) is 0. The lowest BCUT2D eigenvalue weighted by molar-refractivity contribution is 0.251. The van der Waals surface area contributed by atoms with Crippen LogP contribution in [0, 0.1) is 12.7 Å². The van der Waals surface area contributed by atoms with Crippen molar-refractivity contribution in [3.05, 3.63) is 83.4 Å². The van der Waals surface area contributed by atoms with Crippen molar-refractivity contribution in [1.29, 1.82) is 0 Å². The SMILES string of the molecule is Cc1ccc(F)c(NC(=O)NCc2ccccc2Cn2cccn2)c1. The Balaban J connectivity index is 1.63. The van der Waals surface area contributed by atoms with Crippen LogP contribution in [0.1, 0.15) is 16.7 Å². The van der Waals surface area contributed by atoms with Gasteiger partial charge < -0.3 is 10.6 Å². The summed E-state index contributed by atoms with van der Waals surface area (Å²) in [4.78, 5) is 12.1. The summed E-state index contributed by atoms with van der Waals surface area (Å²) in [6, 6.07) is 13.8. The van der Waals surface area contributed by atoms with Crippen molar-refractivity contribution in [1.82, 2.24) is 15.1 Å². The number of rotatable bonds is 5. The van der Waals surface area contributed by atoms with Gasteiger partial charge in [-0.05, 0) is 41.8 Å². The molecule has 25 heavy (non-hydrogen) atoms. The van der Waals surface area contributed by atoms with Crippen LogP contribution >= 0.6 is 0 Å². The van der Waals surface area contributed by atoms with Gasteiger partial charge in [0.2, 0.25) is 0 Å². The number of nitrogens with zero attached hydrogens (tertiary/aromatic N) is 2. The van der Waals surface area contributed by atoms with Gasteiger partial charge in [0.15, 0.2) is 0 Å². The second-order valence-corrected chi connectivity index (χ2v) is 5.76. The first kappa shape index (κ1) is 16.7. The first-order valence-corrected chi connectivity index (χ1v) is 7.97. The van der Waals surface area contributed by atoms with Crippen molar-refractivity contribution in [2.75, 3.05) is 5.32 Å². The predicted octanol–water partition coefficient (Wildman–Crippen LogP) is 3.70. The molecule has 6 heteroatoms. The normalized spacial score (nSPS) is 10.5. The van der Waals surface area contributed by atoms with E-state index in [0.29, 0.717) is 13.1 Å². The van der Waals surface area contributed by atoms with Gasteiger partial charge in [-0.15, -0.1) is 0 Å². The van der Waals surface area contributed by atoms with Crippen LogP contribution in [0.5, 0.6) is 0 Å². The number of halogens is 1. The van der Waals surface area contributed by atoms with Crippen molar-refractivity contribution < 1.29 is 9.18 Å². The van der Waals surface area contributed by atoms with Crippen LogP contribution in [-0.2, 0) is 13.1 Å². The van der Waals surface area contributed by atoms with E-state index < -0.39 is 11.8 Å². The number of urea groups is 1. The lowest BCUT2D eigenvalue weighted by Gasteiger charge is -2.12. The van der Waals surface area contributed by atoms with Crippen molar-refractivity contribution >= 4 is 11.7 Å². The van der Waals surface area contributed by atoms with Crippen LogP contribution in [-0.4, -0.2) is 15.8 Å². The first-order chi connectivity index (χ1) is 12.1. The fourth-order valence-corrected chi connectivity index (χ4v) is 2.53. The highest BCUT2D eigenvalue weighted by Crippen LogP contribution is 2.15. The second-order valence-electron chi connectivity index (χ2n) is 5.76. The third-order valence-corrected chi connectivity index (χ3v) is 3.82. The van der Waals surface area contributed by atoms with Gasteiger partial charge in [0.05, 0.1) is 12.2 Å². The van der Waals surface area contributed by atoms with Crippen molar-refractivity contribution in [3.63, 3.8) is 0 Å². The molecule has 0 fully saturated rings. The van der Waals surface area contributed by atoms with Crippen LogP contribution in [0.4, 0.5) is 14.9 Å². The largest absolute Gasteiger partial charge is 0.334 e. The summed E-state index contributed by atoms with van der Waals surface area (Å²) in [5.74, 6) is -0.458. The van der Waals surface area contributed by atoms with Crippen LogP contribution in [0.2, 0.25) is 0 Å². The molecule has 0 radical (unpaired) electrons. The molecule has 1 heterocycles. The third-order valence-electron chi connectivity index (χ3n) is 3.82. The van der Waals surface area contributed by atoms with E-state index in [1.54, 1.807) is 18.3 Å². The molecule has 2 amide bonds. The number of benzene rings is 2. The van der Waals surface area contributed by atoms with Gasteiger partial charge in [-0.25, -0.2) is 9.18 Å². The maximum Gasteiger partial charge on any atom is 0.319 e. The van der Waals surface area contributed by atoms with E-state index in [0.717, 1.165) is 16.7 Å². The number of anilines is 1. The van der Waals surface area contributed by atoms with Gasteiger partial charge in [0.25, 0.3) is 0 Å². The fourth-order valence-electron chi connectivity index (χ4n) is 2.53. The molecule has 0 saturated carbocycles. The highest BCUT2D eigenvalue weighted by Gasteiger charge is 2.08. The predicted molar refractivity (Wildman–Crippen MR) is 94.8 cm³/mol. The molecule has 3 aromatic rings. The van der Waals surface area contributed by atoms with E-state index >= 15 is 0 Å². The van der Waals surface area contributed by atoms with Gasteiger partial charge in [-0.3, -0.25) is 4.68 Å². The summed E-state index contributed by atoms with van der Waals surface area (Å²) >= 11 is 0. The van der Waals surface area contributed by atoms with Gasteiger partial charge in [-0.1, -0.05) is 30.3 Å². The number of nitrogens with one attached hydrogen (secondary N) is 2. The molecule has 0 saturated heterocycles. The summed E-state index contributed by atoms with van der Waals surface area (Å²) in [6.07, 6.45) is 3.61. The van der Waals surface area contributed by atoms with Gasteiger partial charge in [-0.2, -0.15) is 5.10 Å². The lowest BCUT2D eigenvalue weighted by atomic mass is 10.1. The Morgan fingerprint density at radius 1 is 1.16 bits per heavy atom. The lowest BCUT2D eigenvalue weighted by Crippen LogP contribution is -2.29. The number of hydrogen-bond donors (Lipinski definition) is 2. The number of aromatic nitrogens is 2. The van der Waals surface area contributed by atoms with E-state index in [1.165, 1.54) is 6.07 Å². The molecule has 128 valence electrons. The van der Waals surface area contributed by atoms with Crippen molar-refractivity contribution in [3.8, 4) is 0 Å². The number of carbonyl (C=O) groups is 1. The maximum absolute atomic E-state index is 13.7. The minimum Gasteiger partial charge on any atom is -0.334 e. The van der Waals surface area contributed by atoms with Crippen LogP contribution in [0.15, 0.2) is 60.9 Å². The molecular formula is C19H19FN4O. The zero-order valence-corrected chi connectivity index (χ0v) is 13.9. The topological polar surface area (TPSA) is 59.0 Å². The standard InChI is InChI=1S/C19H19FN4O/c1-14-7-8-17(20)18(11-14)23-19(25)21-12-15-5-2-3-6-16(15)13-24-10-4-9-22-24/h2-11H,12-13H2,1H3,(H2,21,23,25). The van der Waals surface area contributed by atoms with Crippen molar-refractivity contribution in [2.45, 2.75) is 20.0 Å². The van der Waals surface area contributed by atoms with E-state index in [9.17, 15) is 9.18 Å². The minimum atomic E-state index is -0.458. The number of hydrogen-bond acceptors (Lipinski definition) is 2. The Hall–Kier alpha value is -3.15. The third kappa shape index (κ3) is 4.44. The zero-order chi connectivity index (χ0) is 17.6. The zero-order valence-electron chi connectivity index (χ0n) is 13.9. The average molecular weight is 338 g/mol. The molecule has 2 aromatic carbocycles. The number of amides is 2. The minimum absolute atomic E-state index is 0.169. The van der Waals surface area contributed by atoms with Crippen LogP contribution < -0.4 is 10.6 Å². The Labute approximate surface area is 145 Å². The smallest absolute Gasteiger partial charge is 0.319 e. The monoisotopic (exact) mass is 338 g/mol. The summed E-state index contributed by atoms with van der Waals surface area (Å²) < 4.78 is 15.5. The molecule has 0 unspecified atom stereocenters. The Kier molecular flexibility index (Phi) is 5.09. The average Bonchev–Trinajstić information content (AvgIpc) is 3.10. The van der Waals surface area contributed by atoms with Gasteiger partial charge in [0.1, 0.15) is 5.82 Å². The molecule has 5 nitrogen and oxygen atoms in total. The van der Waals surface area contributed by atoms with E-state index in [2.05, 4.69) is 15.7 Å². The second kappa shape index (κ2) is 7.61. The van der Waals surface area contributed by atoms with E-state index in [4.69, 9.17) is 0 Å². The Morgan fingerprint density at radius 3 is 2.72 bits per heavy atom. The van der Waals surface area contributed by atoms with E-state index in [-0.39, 0.29) is 5.69 Å². The molecule has 0 spiro atoms. The molecule has 1 aromatic heterocycles. The summed E-state index contributed by atoms with van der Waals surface area (Å²) in [5.41, 5.74) is 3.09. The number of carbonyl (C=O) groups excluding carboxylic acids is 1. The van der Waals surface area contributed by atoms with Crippen LogP contribution in [0.25, 0.3) is 0 Å². The molecule has 3 rings (SSSR count). The highest BCUT2D eigenvalue weighted by molar-refractivity contribution is 5.89. The van der Waals surface area contributed by atoms with E-state index in [1.807, 2.05) is 48.1 Å². The fraction of sp³-hybridized carbons (Fsp3) is 0.158. The van der Waals surface area contributed by atoms with Crippen LogP contribution in [0.3, 0.4) is 0 Å². The Bertz CT molecular complexity index is 862. The molecular weight excluding hydrogens is 319 g/mol. The summed E-state index contributed by atoms with van der Waals surface area (Å²) in [6.45, 7) is 2.81. The molecule has 0 aliphatic heterocycles. The highest BCUT2D eigenvalue weighted by atomic mass is 19.1. The van der Waals surface area contributed by atoms with Gasteiger partial charge in [0, 0.05) is 18.9 Å². The van der Waals surface area contributed by atoms with Crippen molar-refractivity contribution in [2.24, 2.45) is 0 Å². The maximum atomic E-state index is 13.7. The molecule has 0 bridgehead atoms. The van der Waals surface area contributed by atoms with Gasteiger partial charge >= 0.3 is 6.03 Å². The first-order valence-electron chi connectivity index (χ1n) is 7.97. The summed E-state index contributed by atoms with van der Waals surface area (Å²) in [5, 5.41) is 9.51. The molecule has 0 aliphatic rings.